The molecule has 3 aromatic carbocycles. The van der Waals surface area contributed by atoms with Gasteiger partial charge in [0.05, 0.1) is 11.6 Å². The Balaban J connectivity index is 1.38. The lowest BCUT2D eigenvalue weighted by molar-refractivity contribution is 0.174. The number of rotatable bonds is 9. The summed E-state index contributed by atoms with van der Waals surface area (Å²) >= 11 is 6.09. The summed E-state index contributed by atoms with van der Waals surface area (Å²) in [5.74, 6) is 2.31. The van der Waals surface area contributed by atoms with E-state index in [2.05, 4.69) is 5.32 Å². The van der Waals surface area contributed by atoms with Gasteiger partial charge in [-0.3, -0.25) is 0 Å². The minimum atomic E-state index is -0.394. The largest absolute Gasteiger partial charge is 0.490 e. The Hall–Kier alpha value is -2.96. The molecular weight excluding hydrogens is 421 g/mol. The molecule has 5 nitrogen and oxygen atoms in total. The standard InChI is InChI=1S/C24H23ClFNO4/c1-2-28-23-10-16(12-27-13-17-7-9-22-24(11-17)31-15-30-22)6-8-21(23)29-14-18-19(25)4-3-5-20(18)26/h3-11,27H,2,12-15H2,1H3. The van der Waals surface area contributed by atoms with Crippen LogP contribution in [-0.2, 0) is 19.7 Å². The third kappa shape index (κ3) is 5.21. The van der Waals surface area contributed by atoms with E-state index in [0.717, 1.165) is 22.6 Å². The fourth-order valence-electron chi connectivity index (χ4n) is 3.27. The van der Waals surface area contributed by atoms with Crippen molar-refractivity contribution in [1.82, 2.24) is 5.32 Å². The second-order valence-corrected chi connectivity index (χ2v) is 7.40. The van der Waals surface area contributed by atoms with Gasteiger partial charge in [-0.2, -0.15) is 0 Å². The lowest BCUT2D eigenvalue weighted by Gasteiger charge is -2.15. The molecule has 31 heavy (non-hydrogen) atoms. The molecule has 0 aromatic heterocycles. The van der Waals surface area contributed by atoms with Gasteiger partial charge in [-0.05, 0) is 54.4 Å². The first-order chi connectivity index (χ1) is 15.1. The van der Waals surface area contributed by atoms with Gasteiger partial charge in [-0.25, -0.2) is 4.39 Å². The molecule has 4 rings (SSSR count). The highest BCUT2D eigenvalue weighted by Gasteiger charge is 2.14. The average molecular weight is 444 g/mol. The number of fused-ring (bicyclic) bond motifs is 1. The van der Waals surface area contributed by atoms with E-state index in [0.29, 0.717) is 41.8 Å². The highest BCUT2D eigenvalue weighted by Crippen LogP contribution is 2.33. The van der Waals surface area contributed by atoms with Crippen LogP contribution in [0.25, 0.3) is 0 Å². The molecule has 0 fully saturated rings. The lowest BCUT2D eigenvalue weighted by atomic mass is 10.1. The maximum absolute atomic E-state index is 14.0. The molecule has 1 N–H and O–H groups in total. The molecule has 0 atom stereocenters. The molecule has 1 aliphatic rings. The molecule has 0 saturated heterocycles. The van der Waals surface area contributed by atoms with Crippen LogP contribution in [0.15, 0.2) is 54.6 Å². The fourth-order valence-corrected chi connectivity index (χ4v) is 3.49. The smallest absolute Gasteiger partial charge is 0.231 e. The number of ether oxygens (including phenoxy) is 4. The van der Waals surface area contributed by atoms with Crippen LogP contribution in [0.2, 0.25) is 5.02 Å². The number of halogens is 2. The highest BCUT2D eigenvalue weighted by molar-refractivity contribution is 6.31. The summed E-state index contributed by atoms with van der Waals surface area (Å²) in [6, 6.07) is 16.2. The van der Waals surface area contributed by atoms with E-state index in [1.54, 1.807) is 12.1 Å². The van der Waals surface area contributed by atoms with Gasteiger partial charge in [0.15, 0.2) is 23.0 Å². The van der Waals surface area contributed by atoms with Crippen LogP contribution in [0.3, 0.4) is 0 Å². The predicted molar refractivity (Wildman–Crippen MR) is 116 cm³/mol. The van der Waals surface area contributed by atoms with Crippen molar-refractivity contribution in [3.05, 3.63) is 82.1 Å². The summed E-state index contributed by atoms with van der Waals surface area (Å²) in [7, 11) is 0. The normalized spacial score (nSPS) is 12.1. The molecule has 0 radical (unpaired) electrons. The first kappa shape index (κ1) is 21.3. The highest BCUT2D eigenvalue weighted by atomic mass is 35.5. The van der Waals surface area contributed by atoms with E-state index in [1.165, 1.54) is 6.07 Å². The molecule has 0 saturated carbocycles. The molecule has 1 heterocycles. The van der Waals surface area contributed by atoms with Gasteiger partial charge < -0.3 is 24.3 Å². The van der Waals surface area contributed by atoms with Crippen molar-refractivity contribution in [2.75, 3.05) is 13.4 Å². The first-order valence-corrected chi connectivity index (χ1v) is 10.4. The predicted octanol–water partition coefficient (Wildman–Crippen LogP) is 5.48. The summed E-state index contributed by atoms with van der Waals surface area (Å²) in [5, 5.41) is 3.75. The Kier molecular flexibility index (Phi) is 6.79. The summed E-state index contributed by atoms with van der Waals surface area (Å²) in [6.45, 7) is 4.02. The summed E-state index contributed by atoms with van der Waals surface area (Å²) in [4.78, 5) is 0. The van der Waals surface area contributed by atoms with E-state index in [4.69, 9.17) is 30.5 Å². The van der Waals surface area contributed by atoms with Crippen LogP contribution in [0, 0.1) is 5.82 Å². The van der Waals surface area contributed by atoms with Crippen molar-refractivity contribution in [3.63, 3.8) is 0 Å². The van der Waals surface area contributed by atoms with Crippen molar-refractivity contribution in [2.24, 2.45) is 0 Å². The number of hydrogen-bond donors (Lipinski definition) is 1. The number of benzene rings is 3. The van der Waals surface area contributed by atoms with Crippen molar-refractivity contribution in [3.8, 4) is 23.0 Å². The van der Waals surface area contributed by atoms with Gasteiger partial charge in [0.2, 0.25) is 6.79 Å². The van der Waals surface area contributed by atoms with E-state index in [1.807, 2.05) is 43.3 Å². The van der Waals surface area contributed by atoms with E-state index >= 15 is 0 Å². The van der Waals surface area contributed by atoms with E-state index in [-0.39, 0.29) is 13.4 Å². The number of nitrogens with one attached hydrogen (secondary N) is 1. The van der Waals surface area contributed by atoms with Gasteiger partial charge in [0, 0.05) is 18.7 Å². The van der Waals surface area contributed by atoms with Crippen LogP contribution in [0.4, 0.5) is 4.39 Å². The van der Waals surface area contributed by atoms with E-state index in [9.17, 15) is 4.39 Å². The molecule has 0 amide bonds. The summed E-state index contributed by atoms with van der Waals surface area (Å²) in [5.41, 5.74) is 2.47. The van der Waals surface area contributed by atoms with Gasteiger partial charge >= 0.3 is 0 Å². The molecule has 0 unspecified atom stereocenters. The van der Waals surface area contributed by atoms with Crippen LogP contribution in [0.1, 0.15) is 23.6 Å². The SMILES string of the molecule is CCOc1cc(CNCc2ccc3c(c2)OCO3)ccc1OCc1c(F)cccc1Cl. The summed E-state index contributed by atoms with van der Waals surface area (Å²) < 4.78 is 36.3. The third-order valence-electron chi connectivity index (χ3n) is 4.84. The van der Waals surface area contributed by atoms with Crippen molar-refractivity contribution in [2.45, 2.75) is 26.6 Å². The zero-order valence-corrected chi connectivity index (χ0v) is 17.9. The topological polar surface area (TPSA) is 49.0 Å². The molecule has 7 heteroatoms. The third-order valence-corrected chi connectivity index (χ3v) is 5.19. The van der Waals surface area contributed by atoms with Gasteiger partial charge in [0.25, 0.3) is 0 Å². The Morgan fingerprint density at radius 2 is 1.71 bits per heavy atom. The van der Waals surface area contributed by atoms with Crippen molar-refractivity contribution >= 4 is 11.6 Å². The number of hydrogen-bond acceptors (Lipinski definition) is 5. The molecule has 0 bridgehead atoms. The molecular formula is C24H23ClFNO4. The molecule has 3 aromatic rings. The molecule has 0 spiro atoms. The molecule has 1 aliphatic heterocycles. The minimum absolute atomic E-state index is 0.0211. The maximum atomic E-state index is 14.0. The van der Waals surface area contributed by atoms with Crippen LogP contribution in [0.5, 0.6) is 23.0 Å². The second-order valence-electron chi connectivity index (χ2n) is 6.99. The Bertz CT molecular complexity index is 1040. The van der Waals surface area contributed by atoms with Gasteiger partial charge in [0.1, 0.15) is 12.4 Å². The Morgan fingerprint density at radius 1 is 0.935 bits per heavy atom. The van der Waals surface area contributed by atoms with E-state index < -0.39 is 5.82 Å². The monoisotopic (exact) mass is 443 g/mol. The molecule has 162 valence electrons. The average Bonchev–Trinajstić information content (AvgIpc) is 3.23. The lowest BCUT2D eigenvalue weighted by Crippen LogP contribution is -2.13. The Morgan fingerprint density at radius 3 is 2.52 bits per heavy atom. The first-order valence-electron chi connectivity index (χ1n) is 10.0. The fraction of sp³-hybridized carbons (Fsp3) is 0.250. The van der Waals surface area contributed by atoms with Crippen LogP contribution >= 0.6 is 11.6 Å². The quantitative estimate of drug-likeness (QED) is 0.475. The maximum Gasteiger partial charge on any atom is 0.231 e. The second kappa shape index (κ2) is 9.90. The zero-order valence-electron chi connectivity index (χ0n) is 17.1. The van der Waals surface area contributed by atoms with Crippen molar-refractivity contribution < 1.29 is 23.3 Å². The summed E-state index contributed by atoms with van der Waals surface area (Å²) in [6.07, 6.45) is 0. The van der Waals surface area contributed by atoms with Gasteiger partial charge in [-0.1, -0.05) is 29.8 Å². The van der Waals surface area contributed by atoms with Crippen LogP contribution < -0.4 is 24.3 Å². The molecule has 0 aliphatic carbocycles. The zero-order chi connectivity index (χ0) is 21.6. The van der Waals surface area contributed by atoms with Gasteiger partial charge in [-0.15, -0.1) is 0 Å². The Labute approximate surface area is 185 Å². The minimum Gasteiger partial charge on any atom is -0.490 e. The van der Waals surface area contributed by atoms with Crippen molar-refractivity contribution in [1.29, 1.82) is 0 Å². The van der Waals surface area contributed by atoms with Crippen LogP contribution in [-0.4, -0.2) is 13.4 Å².